The van der Waals surface area contributed by atoms with Gasteiger partial charge in [-0.1, -0.05) is 18.2 Å². The summed E-state index contributed by atoms with van der Waals surface area (Å²) in [6.45, 7) is 1.87. The molecule has 1 amide bonds. The van der Waals surface area contributed by atoms with Gasteiger partial charge in [-0.15, -0.1) is 0 Å². The summed E-state index contributed by atoms with van der Waals surface area (Å²) in [6.07, 6.45) is 1.50. The smallest absolute Gasteiger partial charge is 0.282 e. The first-order valence-corrected chi connectivity index (χ1v) is 12.7. The second-order valence-corrected chi connectivity index (χ2v) is 9.17. The van der Waals surface area contributed by atoms with Gasteiger partial charge in [0.15, 0.2) is 23.9 Å². The normalized spacial score (nSPS) is 11.4. The van der Waals surface area contributed by atoms with E-state index in [1.807, 2.05) is 31.2 Å². The number of hydrogen-bond acceptors (Lipinski definition) is 8. The van der Waals surface area contributed by atoms with Crippen molar-refractivity contribution in [1.29, 1.82) is 0 Å². The minimum absolute atomic E-state index is 0.221. The van der Waals surface area contributed by atoms with Crippen LogP contribution in [0.3, 0.4) is 0 Å². The maximum Gasteiger partial charge on any atom is 0.282 e. The van der Waals surface area contributed by atoms with Gasteiger partial charge in [0.2, 0.25) is 5.82 Å². The Kier molecular flexibility index (Phi) is 7.33. The zero-order valence-electron chi connectivity index (χ0n) is 21.0. The maximum absolute atomic E-state index is 13.6. The van der Waals surface area contributed by atoms with Gasteiger partial charge in [-0.3, -0.25) is 9.59 Å². The molecule has 5 aromatic rings. The number of nitrogens with two attached hydrogens (primary N) is 1. The predicted octanol–water partition coefficient (Wildman–Crippen LogP) is 4.73. The third-order valence-electron chi connectivity index (χ3n) is 5.73. The number of primary amides is 1. The Morgan fingerprint density at radius 2 is 1.92 bits per heavy atom. The number of halogens is 1. The Bertz CT molecular complexity index is 1790. The molecule has 0 aliphatic carbocycles. The van der Waals surface area contributed by atoms with Crippen molar-refractivity contribution < 1.29 is 23.4 Å². The molecule has 0 unspecified atom stereocenters. The summed E-state index contributed by atoms with van der Waals surface area (Å²) in [5, 5.41) is 5.64. The average Bonchev–Trinajstić information content (AvgIpc) is 3.36. The van der Waals surface area contributed by atoms with Crippen LogP contribution in [0.25, 0.3) is 33.5 Å². The lowest BCUT2D eigenvalue weighted by molar-refractivity contribution is -0.119. The van der Waals surface area contributed by atoms with Crippen LogP contribution in [0.1, 0.15) is 12.5 Å². The Labute approximate surface area is 230 Å². The third kappa shape index (κ3) is 5.21. The first-order chi connectivity index (χ1) is 18.9. The van der Waals surface area contributed by atoms with Crippen LogP contribution in [0.5, 0.6) is 17.2 Å². The predicted molar refractivity (Wildman–Crippen MR) is 151 cm³/mol. The van der Waals surface area contributed by atoms with Gasteiger partial charge in [-0.05, 0) is 70.9 Å². The van der Waals surface area contributed by atoms with Crippen LogP contribution in [-0.4, -0.2) is 42.1 Å². The molecule has 0 aliphatic heterocycles. The van der Waals surface area contributed by atoms with E-state index in [2.05, 4.69) is 21.0 Å². The number of rotatable bonds is 9. The molecule has 0 atom stereocenters. The number of amides is 1. The molecule has 198 valence electrons. The molecule has 0 spiro atoms. The van der Waals surface area contributed by atoms with Gasteiger partial charge >= 0.3 is 0 Å². The van der Waals surface area contributed by atoms with Crippen molar-refractivity contribution in [2.75, 3.05) is 20.3 Å². The highest BCUT2D eigenvalue weighted by molar-refractivity contribution is 9.10. The van der Waals surface area contributed by atoms with Gasteiger partial charge in [0.05, 0.1) is 40.7 Å². The second-order valence-electron chi connectivity index (χ2n) is 8.31. The van der Waals surface area contributed by atoms with E-state index in [9.17, 15) is 9.59 Å². The fourth-order valence-electron chi connectivity index (χ4n) is 4.05. The summed E-state index contributed by atoms with van der Waals surface area (Å²) >= 11 is 3.45. The lowest BCUT2D eigenvalue weighted by Gasteiger charge is -2.13. The zero-order chi connectivity index (χ0) is 27.5. The number of benzene rings is 3. The van der Waals surface area contributed by atoms with Crippen LogP contribution >= 0.6 is 15.9 Å². The van der Waals surface area contributed by atoms with Crippen LogP contribution < -0.4 is 25.5 Å². The van der Waals surface area contributed by atoms with Crippen molar-refractivity contribution in [3.05, 3.63) is 81.1 Å². The Morgan fingerprint density at radius 3 is 2.69 bits per heavy atom. The summed E-state index contributed by atoms with van der Waals surface area (Å²) in [6, 6.07) is 17.6. The molecule has 10 nitrogen and oxygen atoms in total. The van der Waals surface area contributed by atoms with E-state index in [-0.39, 0.29) is 18.0 Å². The van der Waals surface area contributed by atoms with E-state index in [1.165, 1.54) is 10.9 Å². The van der Waals surface area contributed by atoms with Gasteiger partial charge in [-0.25, -0.2) is 4.98 Å². The second kappa shape index (κ2) is 11.0. The summed E-state index contributed by atoms with van der Waals surface area (Å²) in [5.41, 5.74) is 6.53. The molecule has 2 N–H and O–H groups in total. The van der Waals surface area contributed by atoms with Crippen molar-refractivity contribution in [3.63, 3.8) is 0 Å². The van der Waals surface area contributed by atoms with E-state index >= 15 is 0 Å². The number of methoxy groups -OCH3 is 1. The third-order valence-corrected chi connectivity index (χ3v) is 6.32. The van der Waals surface area contributed by atoms with Gasteiger partial charge in [0, 0.05) is 0 Å². The summed E-state index contributed by atoms with van der Waals surface area (Å²) < 4.78 is 24.4. The largest absolute Gasteiger partial charge is 0.496 e. The van der Waals surface area contributed by atoms with Crippen molar-refractivity contribution >= 4 is 49.9 Å². The molecule has 11 heteroatoms. The fraction of sp³-hybridized carbons (Fsp3) is 0.143. The highest BCUT2D eigenvalue weighted by Gasteiger charge is 2.18. The number of aromatic nitrogens is 2. The molecule has 5 rings (SSSR count). The molecule has 0 fully saturated rings. The number of para-hydroxylation sites is 1. The molecule has 2 aromatic heterocycles. The van der Waals surface area contributed by atoms with Gasteiger partial charge in [-0.2, -0.15) is 9.78 Å². The summed E-state index contributed by atoms with van der Waals surface area (Å²) in [4.78, 5) is 29.5. The molecular weight excluding hydrogens is 568 g/mol. The Balaban J connectivity index is 1.64. The van der Waals surface area contributed by atoms with E-state index in [0.29, 0.717) is 56.1 Å². The number of ether oxygens (including phenoxy) is 3. The zero-order valence-corrected chi connectivity index (χ0v) is 22.6. The quantitative estimate of drug-likeness (QED) is 0.245. The number of fused-ring (bicyclic) bond motifs is 2. The van der Waals surface area contributed by atoms with Crippen LogP contribution in [0, 0.1) is 0 Å². The van der Waals surface area contributed by atoms with E-state index in [1.54, 1.807) is 43.5 Å². The molecule has 0 radical (unpaired) electrons. The van der Waals surface area contributed by atoms with Crippen molar-refractivity contribution in [3.8, 4) is 28.8 Å². The molecular formula is C28H23BrN4O6. The van der Waals surface area contributed by atoms with Gasteiger partial charge in [0.1, 0.15) is 11.3 Å². The molecule has 0 aliphatic rings. The van der Waals surface area contributed by atoms with E-state index in [0.717, 1.165) is 5.39 Å². The highest BCUT2D eigenvalue weighted by atomic mass is 79.9. The van der Waals surface area contributed by atoms with E-state index < -0.39 is 5.91 Å². The van der Waals surface area contributed by atoms with Gasteiger partial charge in [0.25, 0.3) is 11.5 Å². The number of furan rings is 1. The minimum atomic E-state index is -0.617. The fourth-order valence-corrected chi connectivity index (χ4v) is 4.62. The average molecular weight is 591 g/mol. The molecule has 3 aromatic carbocycles. The molecule has 0 saturated heterocycles. The van der Waals surface area contributed by atoms with Crippen LogP contribution in [0.15, 0.2) is 79.4 Å². The standard InChI is InChI=1S/C28H23BrN4O6/c1-3-37-23-12-16(11-19(29)26(23)38-15-25(30)34)14-31-33-27(32-20-8-5-4-7-17(20)28(33)35)24-13-18-21(36-2)9-6-10-22(18)39-24/h4-14H,3,15H2,1-2H3,(H2,30,34). The number of nitrogens with zero attached hydrogens (tertiary/aromatic N) is 3. The minimum Gasteiger partial charge on any atom is -0.496 e. The molecule has 0 saturated carbocycles. The van der Waals surface area contributed by atoms with Crippen LogP contribution in [-0.2, 0) is 4.79 Å². The highest BCUT2D eigenvalue weighted by Crippen LogP contribution is 2.37. The maximum atomic E-state index is 13.6. The van der Waals surface area contributed by atoms with Crippen molar-refractivity contribution in [2.24, 2.45) is 10.8 Å². The molecule has 0 bridgehead atoms. The Morgan fingerprint density at radius 1 is 1.10 bits per heavy atom. The Hall–Kier alpha value is -4.64. The van der Waals surface area contributed by atoms with Crippen molar-refractivity contribution in [1.82, 2.24) is 9.66 Å². The summed E-state index contributed by atoms with van der Waals surface area (Å²) in [7, 11) is 1.58. The van der Waals surface area contributed by atoms with Crippen LogP contribution in [0.4, 0.5) is 0 Å². The SMILES string of the molecule is CCOc1cc(C=Nn2c(-c3cc4c(OC)cccc4o3)nc3ccccc3c2=O)cc(Br)c1OCC(N)=O. The monoisotopic (exact) mass is 590 g/mol. The number of carbonyl (C=O) groups is 1. The lowest BCUT2D eigenvalue weighted by Crippen LogP contribution is -2.20. The first kappa shape index (κ1) is 26.0. The van der Waals surface area contributed by atoms with Crippen LogP contribution in [0.2, 0.25) is 0 Å². The molecule has 2 heterocycles. The topological polar surface area (TPSA) is 131 Å². The summed E-state index contributed by atoms with van der Waals surface area (Å²) in [5.74, 6) is 1.29. The number of carbonyl (C=O) groups excluding carboxylic acids is 1. The lowest BCUT2D eigenvalue weighted by atomic mass is 10.2. The first-order valence-electron chi connectivity index (χ1n) is 11.9. The molecule has 39 heavy (non-hydrogen) atoms. The van der Waals surface area contributed by atoms with Gasteiger partial charge < -0.3 is 24.4 Å². The van der Waals surface area contributed by atoms with Crippen molar-refractivity contribution in [2.45, 2.75) is 6.92 Å². The van der Waals surface area contributed by atoms with E-state index in [4.69, 9.17) is 29.3 Å². The number of hydrogen-bond donors (Lipinski definition) is 1.